The Kier molecular flexibility index (Phi) is 6.02. The lowest BCUT2D eigenvalue weighted by Gasteiger charge is -2.28. The minimum Gasteiger partial charge on any atom is -0.477 e. The molecule has 1 amide bonds. The third kappa shape index (κ3) is 4.68. The summed E-state index contributed by atoms with van der Waals surface area (Å²) < 4.78 is 36.1. The van der Waals surface area contributed by atoms with Crippen molar-refractivity contribution < 1.29 is 28.2 Å². The molecule has 35 heavy (non-hydrogen) atoms. The van der Waals surface area contributed by atoms with Crippen LogP contribution in [0.4, 0.5) is 19.3 Å². The van der Waals surface area contributed by atoms with Crippen molar-refractivity contribution in [1.29, 1.82) is 0 Å². The monoisotopic (exact) mass is 511 g/mol. The van der Waals surface area contributed by atoms with Crippen LogP contribution in [0.1, 0.15) is 57.4 Å². The van der Waals surface area contributed by atoms with Gasteiger partial charge >= 0.3 is 12.1 Å². The summed E-state index contributed by atoms with van der Waals surface area (Å²) in [7, 11) is 0. The number of ether oxygens (including phenoxy) is 1. The van der Waals surface area contributed by atoms with E-state index in [9.17, 15) is 23.9 Å². The van der Waals surface area contributed by atoms with Crippen molar-refractivity contribution in [3.05, 3.63) is 38.9 Å². The Morgan fingerprint density at radius 3 is 2.49 bits per heavy atom. The third-order valence-electron chi connectivity index (χ3n) is 6.40. The van der Waals surface area contributed by atoms with Gasteiger partial charge in [0.2, 0.25) is 5.43 Å². The molecular weight excluding hydrogens is 484 g/mol. The van der Waals surface area contributed by atoms with E-state index in [1.807, 2.05) is 13.8 Å². The summed E-state index contributed by atoms with van der Waals surface area (Å²) in [5, 5.41) is 11.9. The molecule has 1 unspecified atom stereocenters. The first-order valence-electron chi connectivity index (χ1n) is 11.3. The maximum absolute atomic E-state index is 15.4. The van der Waals surface area contributed by atoms with Crippen LogP contribution in [-0.4, -0.2) is 52.6 Å². The van der Waals surface area contributed by atoms with Crippen molar-refractivity contribution >= 4 is 40.3 Å². The number of alkyl halides is 1. The molecule has 1 aliphatic carbocycles. The van der Waals surface area contributed by atoms with E-state index in [1.165, 1.54) is 4.57 Å². The normalized spacial score (nSPS) is 23.4. The van der Waals surface area contributed by atoms with E-state index in [1.54, 1.807) is 25.7 Å². The van der Waals surface area contributed by atoms with Gasteiger partial charge in [0, 0.05) is 31.1 Å². The summed E-state index contributed by atoms with van der Waals surface area (Å²) in [6.45, 7) is 9.60. The number of hydrogen-bond donors (Lipinski definition) is 2. The van der Waals surface area contributed by atoms with Gasteiger partial charge in [-0.25, -0.2) is 18.4 Å². The number of aromatic carboxylic acids is 1. The number of benzene rings is 1. The Morgan fingerprint density at radius 1 is 1.31 bits per heavy atom. The highest BCUT2D eigenvalue weighted by atomic mass is 35.5. The van der Waals surface area contributed by atoms with Crippen molar-refractivity contribution in [3.8, 4) is 0 Å². The molecule has 0 spiro atoms. The fraction of sp³-hybridized carbons (Fsp3) is 0.542. The SMILES string of the molecule is CC(C)(C)OC(=O)NC1CN(c2c(F)cc3c(=O)c(C(=O)O)cn([C@@H]4C[C@@H]4F)c3c2Cl)CC1(C)C. The maximum atomic E-state index is 15.4. The summed E-state index contributed by atoms with van der Waals surface area (Å²) in [5.41, 5.74) is -2.55. The summed E-state index contributed by atoms with van der Waals surface area (Å²) in [6, 6.07) is -0.138. The van der Waals surface area contributed by atoms with Gasteiger partial charge in [-0.2, -0.15) is 0 Å². The average molecular weight is 512 g/mol. The van der Waals surface area contributed by atoms with Gasteiger partial charge in [0.25, 0.3) is 0 Å². The topological polar surface area (TPSA) is 101 Å². The van der Waals surface area contributed by atoms with Crippen LogP contribution in [-0.2, 0) is 4.74 Å². The zero-order chi connectivity index (χ0) is 26.0. The maximum Gasteiger partial charge on any atom is 0.407 e. The standard InChI is InChI=1S/C24H28ClF2N3O5/c1-23(2,3)35-22(34)28-16-9-29(10-24(16,4)5)19-14(27)6-11-18(17(19)25)30(15-7-13(15)26)8-12(20(11)31)21(32)33/h6,8,13,15-16H,7,9-10H2,1-5H3,(H,28,34)(H,32,33)/t13-,15+,16?/m0/s1. The highest BCUT2D eigenvalue weighted by molar-refractivity contribution is 6.38. The molecule has 3 atom stereocenters. The highest BCUT2D eigenvalue weighted by Crippen LogP contribution is 2.45. The largest absolute Gasteiger partial charge is 0.477 e. The molecule has 2 aliphatic rings. The first-order chi connectivity index (χ1) is 16.1. The number of hydrogen-bond acceptors (Lipinski definition) is 5. The van der Waals surface area contributed by atoms with E-state index < -0.39 is 58.1 Å². The smallest absolute Gasteiger partial charge is 0.407 e. The lowest BCUT2D eigenvalue weighted by Crippen LogP contribution is -2.46. The molecule has 8 nitrogen and oxygen atoms in total. The lowest BCUT2D eigenvalue weighted by molar-refractivity contribution is 0.0479. The van der Waals surface area contributed by atoms with Crippen LogP contribution < -0.4 is 15.6 Å². The fourth-order valence-electron chi connectivity index (χ4n) is 4.57. The second-order valence-corrected chi connectivity index (χ2v) is 11.3. The second-order valence-electron chi connectivity index (χ2n) is 10.9. The minimum atomic E-state index is -1.49. The molecule has 1 saturated carbocycles. The van der Waals surface area contributed by atoms with Gasteiger partial charge in [-0.15, -0.1) is 0 Å². The minimum absolute atomic E-state index is 0.00742. The quantitative estimate of drug-likeness (QED) is 0.626. The van der Waals surface area contributed by atoms with E-state index in [2.05, 4.69) is 5.32 Å². The molecule has 0 bridgehead atoms. The number of carboxylic acids is 1. The Morgan fingerprint density at radius 2 is 1.94 bits per heavy atom. The van der Waals surface area contributed by atoms with E-state index >= 15 is 4.39 Å². The molecule has 4 rings (SSSR count). The van der Waals surface area contributed by atoms with Gasteiger partial charge in [0.05, 0.1) is 33.7 Å². The summed E-state index contributed by atoms with van der Waals surface area (Å²) >= 11 is 6.67. The lowest BCUT2D eigenvalue weighted by atomic mass is 9.88. The zero-order valence-electron chi connectivity index (χ0n) is 20.1. The number of aromatic nitrogens is 1. The number of halogens is 3. The number of nitrogens with one attached hydrogen (secondary N) is 1. The highest BCUT2D eigenvalue weighted by Gasteiger charge is 2.44. The molecule has 0 radical (unpaired) electrons. The molecule has 2 heterocycles. The van der Waals surface area contributed by atoms with Crippen molar-refractivity contribution in [3.63, 3.8) is 0 Å². The van der Waals surface area contributed by atoms with Crippen LogP contribution in [0, 0.1) is 11.2 Å². The van der Waals surface area contributed by atoms with E-state index in [-0.39, 0.29) is 34.6 Å². The second kappa shape index (κ2) is 8.36. The molecule has 11 heteroatoms. The Balaban J connectivity index is 1.78. The third-order valence-corrected chi connectivity index (χ3v) is 6.76. The Bertz CT molecular complexity index is 1290. The molecule has 1 aromatic carbocycles. The Hall–Kier alpha value is -2.88. The molecular formula is C24H28ClF2N3O5. The van der Waals surface area contributed by atoms with Crippen molar-refractivity contribution in [2.24, 2.45) is 5.41 Å². The average Bonchev–Trinajstić information content (AvgIpc) is 3.34. The van der Waals surface area contributed by atoms with E-state index in [0.717, 1.165) is 12.3 Å². The first kappa shape index (κ1) is 25.2. The molecule has 1 saturated heterocycles. The first-order valence-corrected chi connectivity index (χ1v) is 11.7. The van der Waals surface area contributed by atoms with Crippen LogP contribution in [0.3, 0.4) is 0 Å². The van der Waals surface area contributed by atoms with E-state index in [4.69, 9.17) is 16.3 Å². The van der Waals surface area contributed by atoms with Gasteiger partial charge in [-0.3, -0.25) is 4.79 Å². The molecule has 1 aliphatic heterocycles. The number of anilines is 1. The van der Waals surface area contributed by atoms with Gasteiger partial charge in [0.15, 0.2) is 0 Å². The van der Waals surface area contributed by atoms with Crippen molar-refractivity contribution in [2.45, 2.75) is 64.9 Å². The van der Waals surface area contributed by atoms with Crippen LogP contribution >= 0.6 is 11.6 Å². The number of nitrogens with zero attached hydrogens (tertiary/aromatic N) is 2. The van der Waals surface area contributed by atoms with Crippen LogP contribution in [0.15, 0.2) is 17.1 Å². The number of amides is 1. The van der Waals surface area contributed by atoms with Gasteiger partial charge in [-0.05, 0) is 26.8 Å². The number of alkyl carbamates (subject to hydrolysis) is 1. The number of rotatable bonds is 4. The van der Waals surface area contributed by atoms with Crippen molar-refractivity contribution in [2.75, 3.05) is 18.0 Å². The van der Waals surface area contributed by atoms with Crippen molar-refractivity contribution in [1.82, 2.24) is 9.88 Å². The number of carbonyl (C=O) groups is 2. The molecule has 1 aromatic heterocycles. The van der Waals surface area contributed by atoms with Crippen LogP contribution in [0.2, 0.25) is 5.02 Å². The number of carbonyl (C=O) groups excluding carboxylic acids is 1. The summed E-state index contributed by atoms with van der Waals surface area (Å²) in [4.78, 5) is 38.4. The Labute approximate surface area is 205 Å². The predicted octanol–water partition coefficient (Wildman–Crippen LogP) is 4.51. The summed E-state index contributed by atoms with van der Waals surface area (Å²) in [6.07, 6.45) is -0.607. The molecule has 2 aromatic rings. The molecule has 2 N–H and O–H groups in total. The van der Waals surface area contributed by atoms with Crippen LogP contribution in [0.5, 0.6) is 0 Å². The number of carboxylic acid groups (broad SMARTS) is 1. The molecule has 190 valence electrons. The van der Waals surface area contributed by atoms with Gasteiger partial charge < -0.3 is 24.6 Å². The summed E-state index contributed by atoms with van der Waals surface area (Å²) in [5.74, 6) is -2.30. The predicted molar refractivity (Wildman–Crippen MR) is 128 cm³/mol. The fourth-order valence-corrected chi connectivity index (χ4v) is 4.98. The molecule has 2 fully saturated rings. The van der Waals surface area contributed by atoms with Crippen LogP contribution in [0.25, 0.3) is 10.9 Å². The van der Waals surface area contributed by atoms with E-state index in [0.29, 0.717) is 6.54 Å². The zero-order valence-corrected chi connectivity index (χ0v) is 20.9. The number of pyridine rings is 1. The number of fused-ring (bicyclic) bond motifs is 1. The van der Waals surface area contributed by atoms with Gasteiger partial charge in [-0.1, -0.05) is 25.4 Å². The van der Waals surface area contributed by atoms with Gasteiger partial charge in [0.1, 0.15) is 23.2 Å².